The second-order valence-corrected chi connectivity index (χ2v) is 7.56. The molecule has 17 heavy (non-hydrogen) atoms. The van der Waals surface area contributed by atoms with E-state index in [1.54, 1.807) is 6.07 Å². The molecule has 0 bridgehead atoms. The summed E-state index contributed by atoms with van der Waals surface area (Å²) in [5, 5.41) is 0. The third-order valence-electron chi connectivity index (χ3n) is 3.20. The van der Waals surface area contributed by atoms with Crippen molar-refractivity contribution >= 4 is 21.4 Å². The lowest BCUT2D eigenvalue weighted by Gasteiger charge is -2.25. The number of rotatable bonds is 5. The fourth-order valence-corrected chi connectivity index (χ4v) is 4.52. The molecule has 0 radical (unpaired) electrons. The van der Waals surface area contributed by atoms with Gasteiger partial charge in [0.25, 0.3) is 0 Å². The van der Waals surface area contributed by atoms with E-state index in [9.17, 15) is 8.42 Å². The Bertz CT molecular complexity index is 490. The van der Waals surface area contributed by atoms with Gasteiger partial charge in [-0.3, -0.25) is 0 Å². The molecular formula is C11H18N2O2S2. The van der Waals surface area contributed by atoms with Crippen molar-refractivity contribution in [3.05, 3.63) is 15.8 Å². The highest BCUT2D eigenvalue weighted by Crippen LogP contribution is 2.28. The summed E-state index contributed by atoms with van der Waals surface area (Å²) in [5.41, 5.74) is 5.52. The maximum absolute atomic E-state index is 12.1. The van der Waals surface area contributed by atoms with Gasteiger partial charge in [-0.2, -0.15) is 0 Å². The van der Waals surface area contributed by atoms with Crippen molar-refractivity contribution in [1.82, 2.24) is 4.72 Å². The van der Waals surface area contributed by atoms with Gasteiger partial charge in [0.2, 0.25) is 10.0 Å². The molecule has 0 saturated heterocycles. The van der Waals surface area contributed by atoms with E-state index in [1.165, 1.54) is 17.8 Å². The topological polar surface area (TPSA) is 72.2 Å². The van der Waals surface area contributed by atoms with Crippen LogP contribution in [0, 0.1) is 12.8 Å². The number of nitrogens with two attached hydrogens (primary N) is 1. The van der Waals surface area contributed by atoms with Crippen LogP contribution in [0.5, 0.6) is 0 Å². The highest BCUT2D eigenvalue weighted by atomic mass is 32.2. The van der Waals surface area contributed by atoms with E-state index in [2.05, 4.69) is 4.72 Å². The molecule has 1 saturated carbocycles. The average Bonchev–Trinajstić information content (AvgIpc) is 2.58. The van der Waals surface area contributed by atoms with Gasteiger partial charge in [-0.15, -0.1) is 11.3 Å². The zero-order chi connectivity index (χ0) is 12.5. The lowest BCUT2D eigenvalue weighted by Crippen LogP contribution is -2.32. The molecule has 0 unspecified atom stereocenters. The Hall–Kier alpha value is -0.430. The number of aryl methyl sites for hydroxylation is 1. The fraction of sp³-hybridized carbons (Fsp3) is 0.636. The summed E-state index contributed by atoms with van der Waals surface area (Å²) in [6.45, 7) is 2.78. The van der Waals surface area contributed by atoms with Crippen LogP contribution >= 0.6 is 11.3 Å². The molecule has 0 spiro atoms. The SMILES string of the molecule is Cc1sc(CN)cc1S(=O)(=O)NCC1CCC1. The van der Waals surface area contributed by atoms with E-state index in [-0.39, 0.29) is 0 Å². The van der Waals surface area contributed by atoms with Crippen LogP contribution < -0.4 is 10.5 Å². The molecule has 0 aromatic carbocycles. The van der Waals surface area contributed by atoms with Crippen LogP contribution in [0.25, 0.3) is 0 Å². The van der Waals surface area contributed by atoms with Crippen molar-refractivity contribution in [2.45, 2.75) is 37.6 Å². The molecule has 1 fully saturated rings. The monoisotopic (exact) mass is 274 g/mol. The quantitative estimate of drug-likeness (QED) is 0.856. The van der Waals surface area contributed by atoms with Gasteiger partial charge in [0.05, 0.1) is 4.90 Å². The molecule has 0 atom stereocenters. The Morgan fingerprint density at radius 1 is 1.53 bits per heavy atom. The van der Waals surface area contributed by atoms with Crippen LogP contribution in [-0.4, -0.2) is 15.0 Å². The first kappa shape index (κ1) is 13.0. The summed E-state index contributed by atoms with van der Waals surface area (Å²) in [6.07, 6.45) is 3.50. The first-order chi connectivity index (χ1) is 8.03. The van der Waals surface area contributed by atoms with Gasteiger partial charge in [-0.05, 0) is 31.7 Å². The van der Waals surface area contributed by atoms with E-state index in [4.69, 9.17) is 5.73 Å². The summed E-state index contributed by atoms with van der Waals surface area (Å²) in [6, 6.07) is 1.68. The molecule has 1 aliphatic rings. The predicted molar refractivity (Wildman–Crippen MR) is 69.5 cm³/mol. The molecule has 2 rings (SSSR count). The lowest BCUT2D eigenvalue weighted by molar-refractivity contribution is 0.316. The first-order valence-corrected chi connectivity index (χ1v) is 8.12. The number of hydrogen-bond donors (Lipinski definition) is 2. The van der Waals surface area contributed by atoms with Crippen molar-refractivity contribution < 1.29 is 8.42 Å². The summed E-state index contributed by atoms with van der Waals surface area (Å²) >= 11 is 1.45. The Morgan fingerprint density at radius 2 is 2.24 bits per heavy atom. The first-order valence-electron chi connectivity index (χ1n) is 5.82. The third kappa shape index (κ3) is 2.88. The minimum absolute atomic E-state index is 0.391. The smallest absolute Gasteiger partial charge is 0.241 e. The van der Waals surface area contributed by atoms with Crippen molar-refractivity contribution in [3.8, 4) is 0 Å². The van der Waals surface area contributed by atoms with Gasteiger partial charge in [0.1, 0.15) is 0 Å². The summed E-state index contributed by atoms with van der Waals surface area (Å²) in [4.78, 5) is 2.11. The van der Waals surface area contributed by atoms with E-state index in [1.807, 2.05) is 6.92 Å². The van der Waals surface area contributed by atoms with Crippen molar-refractivity contribution in [2.24, 2.45) is 11.7 Å². The zero-order valence-electron chi connectivity index (χ0n) is 9.90. The van der Waals surface area contributed by atoms with Crippen LogP contribution in [0.3, 0.4) is 0 Å². The Labute approximate surface area is 106 Å². The standard InChI is InChI=1S/C11H18N2O2S2/c1-8-11(5-10(6-12)16-8)17(14,15)13-7-9-3-2-4-9/h5,9,13H,2-4,6-7,12H2,1H3. The third-order valence-corrected chi connectivity index (χ3v) is 5.95. The molecule has 96 valence electrons. The molecule has 0 amide bonds. The van der Waals surface area contributed by atoms with Crippen LogP contribution in [0.1, 0.15) is 29.0 Å². The summed E-state index contributed by atoms with van der Waals surface area (Å²) in [5.74, 6) is 0.526. The van der Waals surface area contributed by atoms with Gasteiger partial charge in [-0.1, -0.05) is 6.42 Å². The maximum atomic E-state index is 12.1. The minimum Gasteiger partial charge on any atom is -0.326 e. The summed E-state index contributed by atoms with van der Waals surface area (Å²) in [7, 11) is -3.35. The Kier molecular flexibility index (Phi) is 3.87. The molecule has 6 heteroatoms. The highest BCUT2D eigenvalue weighted by Gasteiger charge is 2.23. The van der Waals surface area contributed by atoms with E-state index in [0.29, 0.717) is 23.9 Å². The van der Waals surface area contributed by atoms with Gasteiger partial charge < -0.3 is 5.73 Å². The largest absolute Gasteiger partial charge is 0.326 e. The van der Waals surface area contributed by atoms with E-state index >= 15 is 0 Å². The van der Waals surface area contributed by atoms with Crippen molar-refractivity contribution in [3.63, 3.8) is 0 Å². The van der Waals surface area contributed by atoms with Crippen LogP contribution in [-0.2, 0) is 16.6 Å². The van der Waals surface area contributed by atoms with Crippen molar-refractivity contribution in [1.29, 1.82) is 0 Å². The normalized spacial score (nSPS) is 17.1. The number of hydrogen-bond acceptors (Lipinski definition) is 4. The van der Waals surface area contributed by atoms with Gasteiger partial charge in [-0.25, -0.2) is 13.1 Å². The van der Waals surface area contributed by atoms with Crippen LogP contribution in [0.4, 0.5) is 0 Å². The molecule has 0 aliphatic heterocycles. The number of thiophene rings is 1. The van der Waals surface area contributed by atoms with E-state index < -0.39 is 10.0 Å². The second-order valence-electron chi connectivity index (χ2n) is 4.49. The summed E-state index contributed by atoms with van der Waals surface area (Å²) < 4.78 is 26.9. The Morgan fingerprint density at radius 3 is 2.71 bits per heavy atom. The molecule has 3 N–H and O–H groups in total. The zero-order valence-corrected chi connectivity index (χ0v) is 11.5. The molecule has 1 aromatic rings. The number of nitrogens with one attached hydrogen (secondary N) is 1. The van der Waals surface area contributed by atoms with Crippen LogP contribution in [0.15, 0.2) is 11.0 Å². The second kappa shape index (κ2) is 5.06. The molecule has 1 heterocycles. The Balaban J connectivity index is 2.09. The average molecular weight is 274 g/mol. The van der Waals surface area contributed by atoms with Crippen LogP contribution in [0.2, 0.25) is 0 Å². The van der Waals surface area contributed by atoms with Crippen molar-refractivity contribution in [2.75, 3.05) is 6.54 Å². The maximum Gasteiger partial charge on any atom is 0.241 e. The van der Waals surface area contributed by atoms with Gasteiger partial charge >= 0.3 is 0 Å². The molecule has 1 aromatic heterocycles. The predicted octanol–water partition coefficient (Wildman–Crippen LogP) is 1.59. The minimum atomic E-state index is -3.35. The molecule has 1 aliphatic carbocycles. The molecule has 4 nitrogen and oxygen atoms in total. The fourth-order valence-electron chi connectivity index (χ4n) is 1.89. The number of sulfonamides is 1. The van der Waals surface area contributed by atoms with E-state index in [0.717, 1.165) is 22.6 Å². The van der Waals surface area contributed by atoms with Gasteiger partial charge in [0, 0.05) is 22.8 Å². The highest BCUT2D eigenvalue weighted by molar-refractivity contribution is 7.89. The lowest BCUT2D eigenvalue weighted by atomic mass is 9.86. The van der Waals surface area contributed by atoms with Gasteiger partial charge in [0.15, 0.2) is 0 Å². The molecular weight excluding hydrogens is 256 g/mol.